The van der Waals surface area contributed by atoms with E-state index in [1.807, 2.05) is 31.2 Å². The lowest BCUT2D eigenvalue weighted by molar-refractivity contribution is -0.139. The predicted octanol–water partition coefficient (Wildman–Crippen LogP) is 3.08. The molecule has 0 aromatic heterocycles. The van der Waals surface area contributed by atoms with E-state index >= 15 is 0 Å². The molecule has 0 aliphatic rings. The van der Waals surface area contributed by atoms with E-state index < -0.39 is 28.5 Å². The first-order valence-electron chi connectivity index (χ1n) is 9.89. The second-order valence-electron chi connectivity index (χ2n) is 7.33. The average molecular weight is 510 g/mol. The maximum Gasteiger partial charge on any atom is 0.244 e. The van der Waals surface area contributed by atoms with E-state index in [2.05, 4.69) is 21.2 Å². The Morgan fingerprint density at radius 2 is 1.77 bits per heavy atom. The maximum absolute atomic E-state index is 13.3. The van der Waals surface area contributed by atoms with Gasteiger partial charge in [0, 0.05) is 17.6 Å². The van der Waals surface area contributed by atoms with Crippen LogP contribution in [0.3, 0.4) is 0 Å². The molecule has 2 rings (SSSR count). The number of halogens is 1. The normalized spacial score (nSPS) is 12.2. The van der Waals surface area contributed by atoms with Crippen molar-refractivity contribution in [1.82, 2.24) is 10.2 Å². The number of benzene rings is 2. The topological polar surface area (TPSA) is 86.8 Å². The molecule has 9 heteroatoms. The van der Waals surface area contributed by atoms with Gasteiger partial charge in [0.2, 0.25) is 21.8 Å². The third-order valence-corrected chi connectivity index (χ3v) is 6.40. The summed E-state index contributed by atoms with van der Waals surface area (Å²) in [4.78, 5) is 27.2. The van der Waals surface area contributed by atoms with E-state index in [0.717, 1.165) is 21.7 Å². The zero-order chi connectivity index (χ0) is 23.2. The number of amides is 2. The number of anilines is 1. The summed E-state index contributed by atoms with van der Waals surface area (Å²) >= 11 is 3.33. The first-order chi connectivity index (χ1) is 14.5. The van der Waals surface area contributed by atoms with Gasteiger partial charge in [-0.2, -0.15) is 0 Å². The summed E-state index contributed by atoms with van der Waals surface area (Å²) < 4.78 is 26.7. The molecule has 2 aromatic carbocycles. The van der Waals surface area contributed by atoms with Gasteiger partial charge < -0.3 is 10.2 Å². The number of aryl methyl sites for hydroxylation is 1. The Labute approximate surface area is 192 Å². The van der Waals surface area contributed by atoms with Crippen LogP contribution in [0.2, 0.25) is 0 Å². The summed E-state index contributed by atoms with van der Waals surface area (Å²) in [6, 6.07) is 13.6. The number of carbonyl (C=O) groups excluding carboxylic acids is 2. The Balaban J connectivity index is 2.37. The van der Waals surface area contributed by atoms with Crippen molar-refractivity contribution in [1.29, 1.82) is 0 Å². The van der Waals surface area contributed by atoms with Crippen molar-refractivity contribution in [2.75, 3.05) is 23.7 Å². The average Bonchev–Trinajstić information content (AvgIpc) is 2.70. The molecule has 7 nitrogen and oxygen atoms in total. The molecule has 1 N–H and O–H groups in total. The molecule has 0 heterocycles. The highest BCUT2D eigenvalue weighted by atomic mass is 79.9. The molecule has 0 saturated carbocycles. The Morgan fingerprint density at radius 3 is 2.32 bits per heavy atom. The fourth-order valence-electron chi connectivity index (χ4n) is 3.04. The third kappa shape index (κ3) is 7.07. The molecular weight excluding hydrogens is 482 g/mol. The van der Waals surface area contributed by atoms with E-state index in [-0.39, 0.29) is 12.5 Å². The van der Waals surface area contributed by atoms with Crippen molar-refractivity contribution in [3.8, 4) is 0 Å². The van der Waals surface area contributed by atoms with Crippen molar-refractivity contribution in [2.45, 2.75) is 33.4 Å². The highest BCUT2D eigenvalue weighted by molar-refractivity contribution is 9.10. The Hall–Kier alpha value is -2.39. The molecular formula is C22H28BrN3O4S. The number of nitrogens with zero attached hydrogens (tertiary/aromatic N) is 2. The summed E-state index contributed by atoms with van der Waals surface area (Å²) in [5.41, 5.74) is 2.30. The maximum atomic E-state index is 13.3. The Morgan fingerprint density at radius 1 is 1.13 bits per heavy atom. The van der Waals surface area contributed by atoms with Gasteiger partial charge in [-0.25, -0.2) is 8.42 Å². The number of hydrogen-bond acceptors (Lipinski definition) is 4. The zero-order valence-corrected chi connectivity index (χ0v) is 20.5. The number of carbonyl (C=O) groups is 2. The number of rotatable bonds is 9. The third-order valence-electron chi connectivity index (χ3n) is 4.77. The highest BCUT2D eigenvalue weighted by Crippen LogP contribution is 2.23. The van der Waals surface area contributed by atoms with Crippen LogP contribution in [0.4, 0.5) is 5.69 Å². The Bertz CT molecular complexity index is 1030. The minimum Gasteiger partial charge on any atom is -0.355 e. The molecule has 0 spiro atoms. The van der Waals surface area contributed by atoms with Gasteiger partial charge in [0.1, 0.15) is 12.6 Å². The fourth-order valence-corrected chi connectivity index (χ4v) is 4.27. The largest absolute Gasteiger partial charge is 0.355 e. The van der Waals surface area contributed by atoms with Gasteiger partial charge in [-0.3, -0.25) is 13.9 Å². The molecule has 1 atom stereocenters. The SMILES string of the molecule is CCNC(=O)[C@H](C)N(Cc1ccc(C)cc1)C(=O)CN(c1cccc(Br)c1)S(C)(=O)=O. The second-order valence-corrected chi connectivity index (χ2v) is 10.1. The van der Waals surface area contributed by atoms with Gasteiger partial charge >= 0.3 is 0 Å². The van der Waals surface area contributed by atoms with E-state index in [0.29, 0.717) is 16.7 Å². The van der Waals surface area contributed by atoms with Gasteiger partial charge in [0.25, 0.3) is 0 Å². The van der Waals surface area contributed by atoms with Crippen molar-refractivity contribution in [3.63, 3.8) is 0 Å². The van der Waals surface area contributed by atoms with Crippen LogP contribution >= 0.6 is 15.9 Å². The van der Waals surface area contributed by atoms with Crippen molar-refractivity contribution >= 4 is 43.5 Å². The van der Waals surface area contributed by atoms with Crippen LogP contribution in [0.5, 0.6) is 0 Å². The molecule has 0 aliphatic heterocycles. The van der Waals surface area contributed by atoms with Crippen LogP contribution in [0.25, 0.3) is 0 Å². The number of sulfonamides is 1. The van der Waals surface area contributed by atoms with Crippen LogP contribution in [-0.2, 0) is 26.2 Å². The second kappa shape index (κ2) is 10.8. The molecule has 0 radical (unpaired) electrons. The summed E-state index contributed by atoms with van der Waals surface area (Å²) in [5.74, 6) is -0.763. The summed E-state index contributed by atoms with van der Waals surface area (Å²) in [5, 5.41) is 2.73. The van der Waals surface area contributed by atoms with Crippen molar-refractivity contribution < 1.29 is 18.0 Å². The predicted molar refractivity (Wildman–Crippen MR) is 126 cm³/mol. The first kappa shape index (κ1) is 24.9. The minimum atomic E-state index is -3.73. The standard InChI is InChI=1S/C22H28BrN3O4S/c1-5-24-22(28)17(3)25(14-18-11-9-16(2)10-12-18)21(27)15-26(31(4,29)30)20-8-6-7-19(23)13-20/h6-13,17H,5,14-15H2,1-4H3,(H,24,28)/t17-/m0/s1. The number of likely N-dealkylation sites (N-methyl/N-ethyl adjacent to an activating group) is 1. The highest BCUT2D eigenvalue weighted by Gasteiger charge is 2.29. The van der Waals surface area contributed by atoms with Crippen LogP contribution in [-0.4, -0.2) is 50.5 Å². The minimum absolute atomic E-state index is 0.188. The lowest BCUT2D eigenvalue weighted by Gasteiger charge is -2.31. The van der Waals surface area contributed by atoms with Gasteiger partial charge in [0.15, 0.2) is 0 Å². The summed E-state index contributed by atoms with van der Waals surface area (Å²) in [7, 11) is -3.73. The molecule has 0 unspecified atom stereocenters. The van der Waals surface area contributed by atoms with Crippen LogP contribution < -0.4 is 9.62 Å². The van der Waals surface area contributed by atoms with Gasteiger partial charge in [-0.05, 0) is 44.5 Å². The quantitative estimate of drug-likeness (QED) is 0.562. The molecule has 0 bridgehead atoms. The first-order valence-corrected chi connectivity index (χ1v) is 12.5. The van der Waals surface area contributed by atoms with E-state index in [9.17, 15) is 18.0 Å². The van der Waals surface area contributed by atoms with E-state index in [1.165, 1.54) is 4.90 Å². The number of nitrogens with one attached hydrogen (secondary N) is 1. The number of hydrogen-bond donors (Lipinski definition) is 1. The molecule has 2 amide bonds. The van der Waals surface area contributed by atoms with Crippen LogP contribution in [0.1, 0.15) is 25.0 Å². The monoisotopic (exact) mass is 509 g/mol. The molecule has 0 saturated heterocycles. The van der Waals surface area contributed by atoms with Gasteiger partial charge in [0.05, 0.1) is 11.9 Å². The van der Waals surface area contributed by atoms with Crippen LogP contribution in [0, 0.1) is 6.92 Å². The Kier molecular flexibility index (Phi) is 8.64. The molecule has 168 valence electrons. The summed E-state index contributed by atoms with van der Waals surface area (Å²) in [6.07, 6.45) is 1.05. The van der Waals surface area contributed by atoms with Crippen LogP contribution in [0.15, 0.2) is 53.0 Å². The lowest BCUT2D eigenvalue weighted by atomic mass is 10.1. The van der Waals surface area contributed by atoms with Crippen molar-refractivity contribution in [3.05, 3.63) is 64.1 Å². The van der Waals surface area contributed by atoms with E-state index in [1.54, 1.807) is 38.1 Å². The summed E-state index contributed by atoms with van der Waals surface area (Å²) in [6.45, 7) is 5.62. The van der Waals surface area contributed by atoms with Crippen molar-refractivity contribution in [2.24, 2.45) is 0 Å². The van der Waals surface area contributed by atoms with Gasteiger partial charge in [-0.1, -0.05) is 51.8 Å². The molecule has 0 aliphatic carbocycles. The molecule has 2 aromatic rings. The van der Waals surface area contributed by atoms with Gasteiger partial charge in [-0.15, -0.1) is 0 Å². The zero-order valence-electron chi connectivity index (χ0n) is 18.1. The lowest BCUT2D eigenvalue weighted by Crippen LogP contribution is -2.51. The molecule has 31 heavy (non-hydrogen) atoms. The fraction of sp³-hybridized carbons (Fsp3) is 0.364. The van der Waals surface area contributed by atoms with E-state index in [4.69, 9.17) is 0 Å². The molecule has 0 fully saturated rings. The smallest absolute Gasteiger partial charge is 0.244 e.